The highest BCUT2D eigenvalue weighted by Gasteiger charge is 2.48. The first kappa shape index (κ1) is 23.7. The molecular weight excluding hydrogens is 513 g/mol. The minimum absolute atomic E-state index is 0.0306. The van der Waals surface area contributed by atoms with Gasteiger partial charge in [-0.1, -0.05) is 11.3 Å². The Bertz CT molecular complexity index is 1700. The number of nitro groups is 1. The minimum atomic E-state index is -1.12. The van der Waals surface area contributed by atoms with Crippen LogP contribution in [0.5, 0.6) is 5.75 Å². The topological polar surface area (TPSA) is 123 Å². The standard InChI is InChI=1S/C27H18FN3O6S/c1-13-10-16-11-15(4-9-20(16)37-13)24(32)22-23(14-2-6-18(7-3-14)31(35)36)30(26(34)25(22)33)27-29-19-8-5-17(28)12-21(19)38-27/h2-9,11-13,23,32H,10H2,1H3/t13-,23-/m0/s1. The summed E-state index contributed by atoms with van der Waals surface area (Å²) in [6, 6.07) is 13.3. The van der Waals surface area contributed by atoms with Gasteiger partial charge in [0.05, 0.1) is 26.8 Å². The summed E-state index contributed by atoms with van der Waals surface area (Å²) < 4.78 is 20.0. The smallest absolute Gasteiger partial charge is 0.301 e. The SMILES string of the molecule is C[C@H]1Cc2cc(C(O)=C3C(=O)C(=O)N(c4nc5ccc(F)cc5s4)[C@H]3c3ccc([N+](=O)[O-])cc3)ccc2O1. The van der Waals surface area contributed by atoms with Crippen molar-refractivity contribution in [2.45, 2.75) is 25.5 Å². The van der Waals surface area contributed by atoms with Gasteiger partial charge in [-0.3, -0.25) is 24.6 Å². The van der Waals surface area contributed by atoms with Gasteiger partial charge in [0.15, 0.2) is 5.13 Å². The molecule has 1 saturated heterocycles. The number of aliphatic hydroxyl groups excluding tert-OH is 1. The minimum Gasteiger partial charge on any atom is -0.507 e. The lowest BCUT2D eigenvalue weighted by Crippen LogP contribution is -2.29. The summed E-state index contributed by atoms with van der Waals surface area (Å²) in [5.41, 5.74) is 1.63. The molecule has 0 saturated carbocycles. The third-order valence-electron chi connectivity index (χ3n) is 6.58. The molecule has 38 heavy (non-hydrogen) atoms. The molecule has 0 spiro atoms. The molecule has 3 aromatic carbocycles. The molecule has 0 bridgehead atoms. The maximum absolute atomic E-state index is 13.8. The molecule has 11 heteroatoms. The number of nitro benzene ring substituents is 1. The van der Waals surface area contributed by atoms with Crippen LogP contribution in [0, 0.1) is 15.9 Å². The third-order valence-corrected chi connectivity index (χ3v) is 7.60. The molecule has 2 atom stereocenters. The van der Waals surface area contributed by atoms with E-state index < -0.39 is 28.5 Å². The number of thiazole rings is 1. The summed E-state index contributed by atoms with van der Waals surface area (Å²) in [6.07, 6.45) is 0.593. The second-order valence-electron chi connectivity index (χ2n) is 9.08. The Labute approximate surface area is 218 Å². The van der Waals surface area contributed by atoms with E-state index in [0.29, 0.717) is 33.5 Å². The van der Waals surface area contributed by atoms with Crippen LogP contribution in [0.1, 0.15) is 29.7 Å². The zero-order valence-corrected chi connectivity index (χ0v) is 20.6. The van der Waals surface area contributed by atoms with E-state index in [-0.39, 0.29) is 28.3 Å². The fourth-order valence-electron chi connectivity index (χ4n) is 4.84. The van der Waals surface area contributed by atoms with Crippen LogP contribution >= 0.6 is 11.3 Å². The van der Waals surface area contributed by atoms with Crippen molar-refractivity contribution >= 4 is 49.8 Å². The number of ketones is 1. The Kier molecular flexibility index (Phi) is 5.46. The summed E-state index contributed by atoms with van der Waals surface area (Å²) in [7, 11) is 0. The van der Waals surface area contributed by atoms with E-state index in [1.807, 2.05) is 6.92 Å². The summed E-state index contributed by atoms with van der Waals surface area (Å²) in [4.78, 5) is 43.0. The van der Waals surface area contributed by atoms with Gasteiger partial charge in [0, 0.05) is 24.1 Å². The second-order valence-corrected chi connectivity index (χ2v) is 10.1. The molecule has 1 fully saturated rings. The number of carbonyl (C=O) groups is 2. The van der Waals surface area contributed by atoms with E-state index >= 15 is 0 Å². The number of aromatic nitrogens is 1. The van der Waals surface area contributed by atoms with E-state index in [0.717, 1.165) is 21.8 Å². The average molecular weight is 532 g/mol. The first-order valence-corrected chi connectivity index (χ1v) is 12.4. The van der Waals surface area contributed by atoms with Crippen LogP contribution in [0.3, 0.4) is 0 Å². The van der Waals surface area contributed by atoms with Gasteiger partial charge < -0.3 is 9.84 Å². The molecule has 2 aliphatic rings. The van der Waals surface area contributed by atoms with E-state index in [1.165, 1.54) is 42.5 Å². The van der Waals surface area contributed by atoms with Crippen molar-refractivity contribution in [3.05, 3.63) is 98.9 Å². The molecule has 6 rings (SSSR count). The zero-order chi connectivity index (χ0) is 26.7. The summed E-state index contributed by atoms with van der Waals surface area (Å²) in [5, 5.41) is 22.7. The Morgan fingerprint density at radius 3 is 2.66 bits per heavy atom. The largest absolute Gasteiger partial charge is 0.507 e. The predicted molar refractivity (Wildman–Crippen MR) is 138 cm³/mol. The maximum Gasteiger partial charge on any atom is 0.301 e. The molecule has 9 nitrogen and oxygen atoms in total. The number of ether oxygens (including phenoxy) is 1. The first-order chi connectivity index (χ1) is 18.2. The van der Waals surface area contributed by atoms with Crippen LogP contribution in [0.15, 0.2) is 66.2 Å². The number of rotatable bonds is 4. The van der Waals surface area contributed by atoms with Crippen molar-refractivity contribution in [1.82, 2.24) is 4.98 Å². The second kappa shape index (κ2) is 8.73. The number of benzene rings is 3. The number of aliphatic hydroxyl groups is 1. The summed E-state index contributed by atoms with van der Waals surface area (Å²) in [5.74, 6) is -2.03. The van der Waals surface area contributed by atoms with Crippen LogP contribution < -0.4 is 9.64 Å². The quantitative estimate of drug-likeness (QED) is 0.125. The van der Waals surface area contributed by atoms with Crippen LogP contribution in [-0.2, 0) is 16.0 Å². The maximum atomic E-state index is 13.8. The lowest BCUT2D eigenvalue weighted by atomic mass is 9.94. The number of hydrogen-bond acceptors (Lipinski definition) is 8. The van der Waals surface area contributed by atoms with Gasteiger partial charge in [0.2, 0.25) is 0 Å². The van der Waals surface area contributed by atoms with Crippen molar-refractivity contribution in [3.63, 3.8) is 0 Å². The summed E-state index contributed by atoms with van der Waals surface area (Å²) in [6.45, 7) is 1.92. The molecule has 1 amide bonds. The van der Waals surface area contributed by atoms with Crippen LogP contribution in [0.2, 0.25) is 0 Å². The highest BCUT2D eigenvalue weighted by Crippen LogP contribution is 2.45. The molecule has 0 unspecified atom stereocenters. The molecule has 2 aliphatic heterocycles. The van der Waals surface area contributed by atoms with Gasteiger partial charge in [-0.2, -0.15) is 0 Å². The lowest BCUT2D eigenvalue weighted by molar-refractivity contribution is -0.384. The zero-order valence-electron chi connectivity index (χ0n) is 19.8. The molecule has 0 radical (unpaired) electrons. The number of fused-ring (bicyclic) bond motifs is 2. The first-order valence-electron chi connectivity index (χ1n) is 11.6. The molecular formula is C27H18FN3O6S. The average Bonchev–Trinajstić information content (AvgIpc) is 3.55. The van der Waals surface area contributed by atoms with Gasteiger partial charge >= 0.3 is 5.91 Å². The number of hydrogen-bond donors (Lipinski definition) is 1. The molecule has 0 aliphatic carbocycles. The van der Waals surface area contributed by atoms with Crippen molar-refractivity contribution in [2.24, 2.45) is 0 Å². The van der Waals surface area contributed by atoms with Crippen molar-refractivity contribution in [2.75, 3.05) is 4.90 Å². The van der Waals surface area contributed by atoms with Gasteiger partial charge in [-0.15, -0.1) is 0 Å². The fraction of sp³-hybridized carbons (Fsp3) is 0.148. The number of non-ortho nitro benzene ring substituents is 1. The fourth-order valence-corrected chi connectivity index (χ4v) is 5.85. The lowest BCUT2D eigenvalue weighted by Gasteiger charge is -2.23. The van der Waals surface area contributed by atoms with Crippen LogP contribution in [0.4, 0.5) is 15.2 Å². The van der Waals surface area contributed by atoms with Crippen molar-refractivity contribution in [3.8, 4) is 5.75 Å². The number of anilines is 1. The Balaban J connectivity index is 1.53. The molecule has 4 aromatic rings. The van der Waals surface area contributed by atoms with E-state index in [4.69, 9.17) is 4.74 Å². The Morgan fingerprint density at radius 2 is 1.92 bits per heavy atom. The Hall–Kier alpha value is -4.64. The van der Waals surface area contributed by atoms with E-state index in [9.17, 15) is 29.2 Å². The van der Waals surface area contributed by atoms with Gasteiger partial charge in [0.1, 0.15) is 23.4 Å². The van der Waals surface area contributed by atoms with Crippen molar-refractivity contribution in [1.29, 1.82) is 0 Å². The van der Waals surface area contributed by atoms with E-state index in [2.05, 4.69) is 4.98 Å². The van der Waals surface area contributed by atoms with Crippen LogP contribution in [0.25, 0.3) is 16.0 Å². The molecule has 3 heterocycles. The molecule has 1 N–H and O–H groups in total. The van der Waals surface area contributed by atoms with Gasteiger partial charge in [-0.05, 0) is 66.6 Å². The molecule has 190 valence electrons. The number of carbonyl (C=O) groups excluding carboxylic acids is 2. The van der Waals surface area contributed by atoms with Crippen LogP contribution in [-0.4, -0.2) is 32.8 Å². The number of amides is 1. The highest BCUT2D eigenvalue weighted by molar-refractivity contribution is 7.22. The predicted octanol–water partition coefficient (Wildman–Crippen LogP) is 5.29. The Morgan fingerprint density at radius 1 is 1.16 bits per heavy atom. The normalized spacial score (nSPS) is 20.1. The van der Waals surface area contributed by atoms with Gasteiger partial charge in [0.25, 0.3) is 11.5 Å². The number of Topliss-reactive ketones (excluding diaryl/α,β-unsaturated/α-hetero) is 1. The number of halogens is 1. The monoisotopic (exact) mass is 531 g/mol. The van der Waals surface area contributed by atoms with Crippen molar-refractivity contribution < 1.29 is 28.7 Å². The number of nitrogens with zero attached hydrogens (tertiary/aromatic N) is 3. The third kappa shape index (κ3) is 3.79. The van der Waals surface area contributed by atoms with E-state index in [1.54, 1.807) is 18.2 Å². The highest BCUT2D eigenvalue weighted by atomic mass is 32.1. The van der Waals surface area contributed by atoms with Gasteiger partial charge in [-0.25, -0.2) is 9.37 Å². The molecule has 1 aromatic heterocycles. The summed E-state index contributed by atoms with van der Waals surface area (Å²) >= 11 is 1.02.